The Morgan fingerprint density at radius 3 is 2.89 bits per heavy atom. The van der Waals surface area contributed by atoms with E-state index < -0.39 is 17.9 Å². The molecule has 0 unspecified atom stereocenters. The number of hydrogen-bond acceptors (Lipinski definition) is 5. The van der Waals surface area contributed by atoms with Gasteiger partial charge < -0.3 is 25.4 Å². The van der Waals surface area contributed by atoms with Gasteiger partial charge in [-0.05, 0) is 12.1 Å². The van der Waals surface area contributed by atoms with Crippen LogP contribution in [0.25, 0.3) is 0 Å². The smallest absolute Gasteiger partial charge is 0.248 e. The predicted molar refractivity (Wildman–Crippen MR) is 106 cm³/mol. The van der Waals surface area contributed by atoms with Gasteiger partial charge in [-0.1, -0.05) is 47.5 Å². The number of nitrogens with zero attached hydrogens (tertiary/aromatic N) is 1. The summed E-state index contributed by atoms with van der Waals surface area (Å²) in [4.78, 5) is 14.0. The van der Waals surface area contributed by atoms with E-state index >= 15 is 0 Å². The molecule has 1 amide bonds. The van der Waals surface area contributed by atoms with E-state index in [1.54, 1.807) is 11.0 Å². The molecular formula is C20H17Cl2N3O3. The summed E-state index contributed by atoms with van der Waals surface area (Å²) in [5.41, 5.74) is 2.25. The summed E-state index contributed by atoms with van der Waals surface area (Å²) in [6.45, 7) is 0.385. The Kier molecular flexibility index (Phi) is 3.22. The minimum absolute atomic E-state index is 0.0126. The normalized spacial score (nSPS) is 33.5. The third-order valence-electron chi connectivity index (χ3n) is 6.68. The average Bonchev–Trinajstić information content (AvgIpc) is 3.27. The maximum Gasteiger partial charge on any atom is 0.248 e. The van der Waals surface area contributed by atoms with E-state index in [2.05, 4.69) is 16.7 Å². The summed E-state index contributed by atoms with van der Waals surface area (Å²) in [7, 11) is 0. The summed E-state index contributed by atoms with van der Waals surface area (Å²) in [6, 6.07) is 11.8. The van der Waals surface area contributed by atoms with Crippen molar-refractivity contribution >= 4 is 40.5 Å². The van der Waals surface area contributed by atoms with E-state index in [9.17, 15) is 9.90 Å². The van der Waals surface area contributed by atoms with Gasteiger partial charge in [-0.3, -0.25) is 4.79 Å². The lowest BCUT2D eigenvalue weighted by Gasteiger charge is -2.42. The van der Waals surface area contributed by atoms with Crippen molar-refractivity contribution < 1.29 is 14.6 Å². The Morgan fingerprint density at radius 2 is 2.07 bits per heavy atom. The summed E-state index contributed by atoms with van der Waals surface area (Å²) >= 11 is 12.8. The van der Waals surface area contributed by atoms with Crippen LogP contribution in [0, 0.1) is 5.92 Å². The molecule has 0 aromatic heterocycles. The highest BCUT2D eigenvalue weighted by atomic mass is 35.5. The molecule has 4 atom stereocenters. The van der Waals surface area contributed by atoms with Crippen molar-refractivity contribution in [2.45, 2.75) is 17.4 Å². The molecule has 2 aromatic carbocycles. The van der Waals surface area contributed by atoms with Gasteiger partial charge in [0.2, 0.25) is 5.91 Å². The maximum atomic E-state index is 12.3. The molecule has 2 bridgehead atoms. The second-order valence-corrected chi connectivity index (χ2v) is 8.64. The third-order valence-corrected chi connectivity index (χ3v) is 7.48. The summed E-state index contributed by atoms with van der Waals surface area (Å²) in [6.07, 6.45) is -0.177. The van der Waals surface area contributed by atoms with Crippen LogP contribution in [0.1, 0.15) is 17.2 Å². The number of fused-ring (bicyclic) bond motifs is 5. The SMILES string of the molecule is O=C(CO)N1C[C@H]2[C@H]3O[C@]4(Nc5ccccc53)c3ccc(Cl)c(Cl)c3N[C@]24C1. The minimum Gasteiger partial charge on any atom is -0.387 e. The molecule has 0 radical (unpaired) electrons. The van der Waals surface area contributed by atoms with E-state index in [1.165, 1.54) is 0 Å². The standard InChI is InChI=1S/C20H17Cl2N3O3/c21-13-6-5-11-17(16(13)22)24-19-9-25(15(27)8-26)7-12(19)18-10-3-1-2-4-14(10)23-20(11,19)28-18/h1-6,12,18,23-24,26H,7-9H2/t12-,18-,19+,20+/m0/s1. The molecule has 2 spiro atoms. The van der Waals surface area contributed by atoms with Crippen LogP contribution >= 0.6 is 23.2 Å². The van der Waals surface area contributed by atoms with Gasteiger partial charge >= 0.3 is 0 Å². The molecule has 6 nitrogen and oxygen atoms in total. The van der Waals surface area contributed by atoms with Gasteiger partial charge in [-0.15, -0.1) is 0 Å². The molecule has 4 aliphatic rings. The number of hydrogen-bond donors (Lipinski definition) is 3. The van der Waals surface area contributed by atoms with Crippen molar-refractivity contribution in [2.75, 3.05) is 30.3 Å². The zero-order chi connectivity index (χ0) is 19.3. The van der Waals surface area contributed by atoms with Crippen molar-refractivity contribution in [3.05, 3.63) is 57.6 Å². The average molecular weight is 418 g/mol. The number of aliphatic hydroxyl groups is 1. The number of carbonyl (C=O) groups excluding carboxylic acids is 1. The molecule has 28 heavy (non-hydrogen) atoms. The number of ether oxygens (including phenoxy) is 1. The number of rotatable bonds is 1. The highest BCUT2D eigenvalue weighted by Crippen LogP contribution is 2.68. The van der Waals surface area contributed by atoms with Crippen molar-refractivity contribution in [1.82, 2.24) is 4.90 Å². The number of likely N-dealkylation sites (tertiary alicyclic amines) is 1. The Balaban J connectivity index is 1.60. The monoisotopic (exact) mass is 417 g/mol. The molecular weight excluding hydrogens is 401 g/mol. The number of aliphatic hydroxyl groups excluding tert-OH is 1. The van der Waals surface area contributed by atoms with Gasteiger partial charge in [0.15, 0.2) is 5.72 Å². The molecule has 3 N–H and O–H groups in total. The number of carbonyl (C=O) groups is 1. The quantitative estimate of drug-likeness (QED) is 0.664. The molecule has 2 saturated heterocycles. The molecule has 4 heterocycles. The van der Waals surface area contributed by atoms with Gasteiger partial charge in [-0.2, -0.15) is 0 Å². The number of amides is 1. The van der Waals surface area contributed by atoms with Crippen LogP contribution in [-0.4, -0.2) is 41.1 Å². The molecule has 4 aliphatic heterocycles. The van der Waals surface area contributed by atoms with E-state index in [0.717, 1.165) is 22.5 Å². The van der Waals surface area contributed by atoms with E-state index in [1.807, 2.05) is 24.3 Å². The number of nitrogens with one attached hydrogen (secondary N) is 2. The largest absolute Gasteiger partial charge is 0.387 e. The number of benzene rings is 2. The Hall–Kier alpha value is -1.99. The molecule has 0 aliphatic carbocycles. The van der Waals surface area contributed by atoms with Crippen molar-refractivity contribution in [3.63, 3.8) is 0 Å². The van der Waals surface area contributed by atoms with E-state index in [4.69, 9.17) is 27.9 Å². The first-order valence-electron chi connectivity index (χ1n) is 9.21. The fourth-order valence-corrected chi connectivity index (χ4v) is 5.89. The van der Waals surface area contributed by atoms with Crippen molar-refractivity contribution in [1.29, 1.82) is 0 Å². The Labute approximate surface area is 171 Å². The Morgan fingerprint density at radius 1 is 1.25 bits per heavy atom. The maximum absolute atomic E-state index is 12.3. The topological polar surface area (TPSA) is 73.8 Å². The van der Waals surface area contributed by atoms with Crippen LogP contribution in [0.5, 0.6) is 0 Å². The molecule has 144 valence electrons. The van der Waals surface area contributed by atoms with Crippen LogP contribution < -0.4 is 10.6 Å². The number of para-hydroxylation sites is 1. The van der Waals surface area contributed by atoms with Crippen LogP contribution in [-0.2, 0) is 15.3 Å². The first kappa shape index (κ1) is 16.9. The molecule has 2 aromatic rings. The lowest BCUT2D eigenvalue weighted by atomic mass is 9.78. The van der Waals surface area contributed by atoms with Gasteiger partial charge in [0, 0.05) is 35.8 Å². The summed E-state index contributed by atoms with van der Waals surface area (Å²) in [5.74, 6) is -0.298. The second-order valence-electron chi connectivity index (χ2n) is 7.85. The zero-order valence-electron chi connectivity index (χ0n) is 14.7. The molecule has 8 heteroatoms. The molecule has 6 rings (SSSR count). The molecule has 0 saturated carbocycles. The molecule has 2 fully saturated rings. The van der Waals surface area contributed by atoms with Gasteiger partial charge in [0.25, 0.3) is 0 Å². The number of anilines is 2. The predicted octanol–water partition coefficient (Wildman–Crippen LogP) is 2.96. The van der Waals surface area contributed by atoms with Gasteiger partial charge in [-0.25, -0.2) is 0 Å². The van der Waals surface area contributed by atoms with Crippen molar-refractivity contribution in [3.8, 4) is 0 Å². The lowest BCUT2D eigenvalue weighted by Crippen LogP contribution is -2.58. The van der Waals surface area contributed by atoms with Crippen LogP contribution in [0.3, 0.4) is 0 Å². The van der Waals surface area contributed by atoms with Crippen LogP contribution in [0.4, 0.5) is 11.4 Å². The highest BCUT2D eigenvalue weighted by Gasteiger charge is 2.75. The van der Waals surface area contributed by atoms with Crippen molar-refractivity contribution in [2.24, 2.45) is 5.92 Å². The third kappa shape index (κ3) is 1.76. The van der Waals surface area contributed by atoms with E-state index in [0.29, 0.717) is 23.1 Å². The van der Waals surface area contributed by atoms with Gasteiger partial charge in [0.05, 0.1) is 21.8 Å². The van der Waals surface area contributed by atoms with Gasteiger partial charge in [0.1, 0.15) is 12.1 Å². The Bertz CT molecular complexity index is 1050. The fraction of sp³-hybridized carbons (Fsp3) is 0.350. The van der Waals surface area contributed by atoms with Crippen LogP contribution in [0.2, 0.25) is 10.0 Å². The second kappa shape index (κ2) is 5.33. The van der Waals surface area contributed by atoms with Crippen LogP contribution in [0.15, 0.2) is 36.4 Å². The fourth-order valence-electron chi connectivity index (χ4n) is 5.52. The van der Waals surface area contributed by atoms with E-state index in [-0.39, 0.29) is 17.9 Å². The summed E-state index contributed by atoms with van der Waals surface area (Å²) in [5, 5.41) is 17.6. The first-order chi connectivity index (χ1) is 13.5. The highest BCUT2D eigenvalue weighted by molar-refractivity contribution is 6.44. The first-order valence-corrected chi connectivity index (χ1v) is 9.96. The number of halogens is 2. The lowest BCUT2D eigenvalue weighted by molar-refractivity contribution is -0.135. The zero-order valence-corrected chi connectivity index (χ0v) is 16.2. The minimum atomic E-state index is -0.870. The summed E-state index contributed by atoms with van der Waals surface area (Å²) < 4.78 is 6.70.